The van der Waals surface area contributed by atoms with Gasteiger partial charge in [0.05, 0.1) is 5.75 Å². The molecule has 120 valence electrons. The number of nitrogens with one attached hydrogen (secondary N) is 1. The number of hydrogen-bond acceptors (Lipinski definition) is 3. The Hall–Kier alpha value is -1.11. The summed E-state index contributed by atoms with van der Waals surface area (Å²) in [5.74, 6) is 0.0755. The zero-order valence-electron chi connectivity index (χ0n) is 12.2. The number of amides is 1. The minimum atomic E-state index is -3.45. The maximum absolute atomic E-state index is 12.1. The van der Waals surface area contributed by atoms with Crippen molar-refractivity contribution < 1.29 is 13.2 Å². The zero-order valence-corrected chi connectivity index (χ0v) is 13.7. The van der Waals surface area contributed by atoms with Crippen molar-refractivity contribution >= 4 is 27.5 Å². The summed E-state index contributed by atoms with van der Waals surface area (Å²) in [6, 6.07) is 7.31. The molecular formula is C15H19ClN2O3S. The van der Waals surface area contributed by atoms with Crippen LogP contribution in [0.5, 0.6) is 0 Å². The van der Waals surface area contributed by atoms with E-state index >= 15 is 0 Å². The van der Waals surface area contributed by atoms with Crippen LogP contribution in [0.15, 0.2) is 24.3 Å². The first-order valence-electron chi connectivity index (χ1n) is 7.45. The predicted molar refractivity (Wildman–Crippen MR) is 84.9 cm³/mol. The summed E-state index contributed by atoms with van der Waals surface area (Å²) in [6.07, 6.45) is 2.60. The minimum absolute atomic E-state index is 0.0640. The molecule has 1 N–H and O–H groups in total. The molecular weight excluding hydrogens is 324 g/mol. The van der Waals surface area contributed by atoms with Crippen molar-refractivity contribution in [3.63, 3.8) is 0 Å². The minimum Gasteiger partial charge on any atom is -0.339 e. The number of carbonyl (C=O) groups excluding carboxylic acids is 1. The lowest BCUT2D eigenvalue weighted by Gasteiger charge is -2.15. The summed E-state index contributed by atoms with van der Waals surface area (Å²) in [4.78, 5) is 13.8. The van der Waals surface area contributed by atoms with Gasteiger partial charge in [0.15, 0.2) is 0 Å². The summed E-state index contributed by atoms with van der Waals surface area (Å²) in [7, 11) is -3.45. The third kappa shape index (κ3) is 3.80. The van der Waals surface area contributed by atoms with Crippen LogP contribution in [0.1, 0.15) is 24.8 Å². The molecule has 1 atom stereocenters. The van der Waals surface area contributed by atoms with Gasteiger partial charge in [-0.1, -0.05) is 29.8 Å². The molecule has 7 heteroatoms. The Balaban J connectivity index is 1.54. The molecule has 1 saturated heterocycles. The van der Waals surface area contributed by atoms with Crippen LogP contribution in [0.3, 0.4) is 0 Å². The summed E-state index contributed by atoms with van der Waals surface area (Å²) < 4.78 is 26.9. The highest BCUT2D eigenvalue weighted by Crippen LogP contribution is 2.32. The van der Waals surface area contributed by atoms with Gasteiger partial charge < -0.3 is 4.90 Å². The molecule has 0 radical (unpaired) electrons. The summed E-state index contributed by atoms with van der Waals surface area (Å²) >= 11 is 5.99. The van der Waals surface area contributed by atoms with Crippen molar-refractivity contribution in [2.24, 2.45) is 5.92 Å². The maximum Gasteiger partial charge on any atom is 0.223 e. The van der Waals surface area contributed by atoms with Gasteiger partial charge in [-0.05, 0) is 30.4 Å². The lowest BCUT2D eigenvalue weighted by Crippen LogP contribution is -2.32. The number of benzene rings is 1. The van der Waals surface area contributed by atoms with Crippen LogP contribution >= 0.6 is 11.6 Å². The molecule has 5 nitrogen and oxygen atoms in total. The molecule has 1 amide bonds. The Morgan fingerprint density at radius 1 is 1.27 bits per heavy atom. The molecule has 1 heterocycles. The van der Waals surface area contributed by atoms with Gasteiger partial charge in [-0.25, -0.2) is 13.1 Å². The molecule has 3 rings (SSSR count). The number of carbonyl (C=O) groups is 1. The average molecular weight is 343 g/mol. The molecule has 0 aromatic heterocycles. The van der Waals surface area contributed by atoms with Crippen LogP contribution in [0.2, 0.25) is 5.02 Å². The van der Waals surface area contributed by atoms with E-state index < -0.39 is 10.0 Å². The summed E-state index contributed by atoms with van der Waals surface area (Å²) in [6.45, 7) is 0.972. The number of hydrogen-bond donors (Lipinski definition) is 1. The SMILES string of the molecule is O=C1CC(CNS(=O)(=O)Cc2ccccc2Cl)CN1C1CC1. The number of rotatable bonds is 6. The fourth-order valence-corrected chi connectivity index (χ4v) is 4.34. The standard InChI is InChI=1S/C15H19ClN2O3S/c16-14-4-2-1-3-12(14)10-22(20,21)17-8-11-7-15(19)18(9-11)13-5-6-13/h1-4,11,13,17H,5-10H2. The molecule has 1 saturated carbocycles. The van der Waals surface area contributed by atoms with Crippen LogP contribution in [0, 0.1) is 5.92 Å². The third-order valence-electron chi connectivity index (χ3n) is 4.12. The largest absolute Gasteiger partial charge is 0.339 e. The fraction of sp³-hybridized carbons (Fsp3) is 0.533. The second-order valence-electron chi connectivity index (χ2n) is 6.05. The van der Waals surface area contributed by atoms with Crippen LogP contribution in [-0.4, -0.2) is 38.4 Å². The second-order valence-corrected chi connectivity index (χ2v) is 8.26. The summed E-state index contributed by atoms with van der Waals surface area (Å²) in [5.41, 5.74) is 0.582. The molecule has 1 unspecified atom stereocenters. The molecule has 1 aliphatic carbocycles. The molecule has 2 fully saturated rings. The van der Waals surface area contributed by atoms with Gasteiger partial charge in [-0.3, -0.25) is 4.79 Å². The molecule has 1 aromatic carbocycles. The average Bonchev–Trinajstić information content (AvgIpc) is 3.23. The van der Waals surface area contributed by atoms with E-state index in [-0.39, 0.29) is 17.6 Å². The van der Waals surface area contributed by atoms with E-state index in [1.807, 2.05) is 4.90 Å². The molecule has 1 aliphatic heterocycles. The van der Waals surface area contributed by atoms with E-state index in [9.17, 15) is 13.2 Å². The van der Waals surface area contributed by atoms with Crippen molar-refractivity contribution in [1.82, 2.24) is 9.62 Å². The van der Waals surface area contributed by atoms with Crippen LogP contribution in [0.4, 0.5) is 0 Å². The first-order chi connectivity index (χ1) is 10.4. The van der Waals surface area contributed by atoms with E-state index in [4.69, 9.17) is 11.6 Å². The van der Waals surface area contributed by atoms with E-state index in [1.54, 1.807) is 24.3 Å². The number of halogens is 1. The van der Waals surface area contributed by atoms with Gasteiger partial charge in [-0.15, -0.1) is 0 Å². The zero-order chi connectivity index (χ0) is 15.7. The molecule has 0 bridgehead atoms. The van der Waals surface area contributed by atoms with Gasteiger partial charge in [0.25, 0.3) is 0 Å². The van der Waals surface area contributed by atoms with Gasteiger partial charge in [0, 0.05) is 30.6 Å². The van der Waals surface area contributed by atoms with Crippen molar-refractivity contribution in [3.05, 3.63) is 34.9 Å². The quantitative estimate of drug-likeness (QED) is 0.856. The van der Waals surface area contributed by atoms with E-state index in [2.05, 4.69) is 4.72 Å². The van der Waals surface area contributed by atoms with Crippen molar-refractivity contribution in [3.8, 4) is 0 Å². The molecule has 1 aromatic rings. The van der Waals surface area contributed by atoms with Crippen molar-refractivity contribution in [2.45, 2.75) is 31.1 Å². The van der Waals surface area contributed by atoms with E-state index in [1.165, 1.54) is 0 Å². The van der Waals surface area contributed by atoms with E-state index in [0.29, 0.717) is 36.1 Å². The predicted octanol–water partition coefficient (Wildman–Crippen LogP) is 1.77. The van der Waals surface area contributed by atoms with Gasteiger partial charge >= 0.3 is 0 Å². The highest BCUT2D eigenvalue weighted by molar-refractivity contribution is 7.88. The Labute approximate surface area is 135 Å². The Bertz CT molecular complexity index is 673. The van der Waals surface area contributed by atoms with Crippen LogP contribution in [0.25, 0.3) is 0 Å². The molecule has 2 aliphatic rings. The van der Waals surface area contributed by atoms with Gasteiger partial charge in [0.2, 0.25) is 15.9 Å². The number of likely N-dealkylation sites (tertiary alicyclic amines) is 1. The van der Waals surface area contributed by atoms with Crippen molar-refractivity contribution in [1.29, 1.82) is 0 Å². The lowest BCUT2D eigenvalue weighted by atomic mass is 10.1. The Morgan fingerprint density at radius 2 is 2.00 bits per heavy atom. The molecule has 0 spiro atoms. The van der Waals surface area contributed by atoms with Gasteiger partial charge in [-0.2, -0.15) is 0 Å². The second kappa shape index (κ2) is 6.18. The first-order valence-corrected chi connectivity index (χ1v) is 9.48. The topological polar surface area (TPSA) is 66.5 Å². The molecule has 22 heavy (non-hydrogen) atoms. The van der Waals surface area contributed by atoms with Crippen molar-refractivity contribution in [2.75, 3.05) is 13.1 Å². The number of sulfonamides is 1. The van der Waals surface area contributed by atoms with E-state index in [0.717, 1.165) is 12.8 Å². The Kier molecular flexibility index (Phi) is 4.43. The fourth-order valence-electron chi connectivity index (χ4n) is 2.80. The highest BCUT2D eigenvalue weighted by Gasteiger charge is 2.39. The number of nitrogens with zero attached hydrogens (tertiary/aromatic N) is 1. The van der Waals surface area contributed by atoms with Crippen LogP contribution in [-0.2, 0) is 20.6 Å². The third-order valence-corrected chi connectivity index (χ3v) is 5.79. The maximum atomic E-state index is 12.1. The van der Waals surface area contributed by atoms with Gasteiger partial charge in [0.1, 0.15) is 0 Å². The van der Waals surface area contributed by atoms with Crippen LogP contribution < -0.4 is 4.72 Å². The summed E-state index contributed by atoms with van der Waals surface area (Å²) in [5, 5.41) is 0.448. The Morgan fingerprint density at radius 3 is 2.68 bits per heavy atom. The smallest absolute Gasteiger partial charge is 0.223 e. The monoisotopic (exact) mass is 342 g/mol. The lowest BCUT2D eigenvalue weighted by molar-refractivity contribution is -0.128. The normalized spacial score (nSPS) is 22.3. The first kappa shape index (κ1) is 15.8. The highest BCUT2D eigenvalue weighted by atomic mass is 35.5.